The highest BCUT2D eigenvalue weighted by atomic mass is 16.6. The minimum atomic E-state index is -0.774. The smallest absolute Gasteiger partial charge is 0.306 e. The molecule has 0 bridgehead atoms. The first-order valence-electron chi connectivity index (χ1n) is 26.8. The Morgan fingerprint density at radius 2 is 0.541 bits per heavy atom. The number of hydrogen-bond donors (Lipinski definition) is 0. The summed E-state index contributed by atoms with van der Waals surface area (Å²) in [7, 11) is 0. The van der Waals surface area contributed by atoms with Gasteiger partial charge in [0.1, 0.15) is 13.2 Å². The number of rotatable bonds is 49. The van der Waals surface area contributed by atoms with Gasteiger partial charge >= 0.3 is 17.9 Å². The van der Waals surface area contributed by atoms with Crippen LogP contribution in [-0.4, -0.2) is 37.2 Å². The molecule has 0 aliphatic heterocycles. The highest BCUT2D eigenvalue weighted by molar-refractivity contribution is 5.71. The molecule has 6 nitrogen and oxygen atoms in total. The van der Waals surface area contributed by atoms with Crippen LogP contribution >= 0.6 is 0 Å². The van der Waals surface area contributed by atoms with Gasteiger partial charge in [0.2, 0.25) is 0 Å². The van der Waals surface area contributed by atoms with Crippen molar-refractivity contribution in [3.05, 3.63) is 24.3 Å². The van der Waals surface area contributed by atoms with Crippen molar-refractivity contribution >= 4 is 17.9 Å². The van der Waals surface area contributed by atoms with Gasteiger partial charge in [0.15, 0.2) is 6.10 Å². The summed E-state index contributed by atoms with van der Waals surface area (Å²) in [6, 6.07) is 0. The molecule has 0 aromatic heterocycles. The number of hydrogen-bond acceptors (Lipinski definition) is 6. The lowest BCUT2D eigenvalue weighted by molar-refractivity contribution is -0.167. The molecule has 358 valence electrons. The van der Waals surface area contributed by atoms with Crippen LogP contribution in [0, 0.1) is 0 Å². The van der Waals surface area contributed by atoms with Gasteiger partial charge < -0.3 is 14.2 Å². The Balaban J connectivity index is 4.36. The number of carbonyl (C=O) groups is 3. The van der Waals surface area contributed by atoms with Crippen LogP contribution in [0.1, 0.15) is 290 Å². The summed E-state index contributed by atoms with van der Waals surface area (Å²) in [4.78, 5) is 38.0. The normalized spacial score (nSPS) is 12.1. The van der Waals surface area contributed by atoms with Crippen LogP contribution in [0.3, 0.4) is 0 Å². The van der Waals surface area contributed by atoms with Gasteiger partial charge in [-0.3, -0.25) is 14.4 Å². The Kier molecular flexibility index (Phi) is 48.8. The molecule has 0 saturated carbocycles. The summed E-state index contributed by atoms with van der Waals surface area (Å²) in [5.74, 6) is -0.876. The van der Waals surface area contributed by atoms with Crippen LogP contribution in [0.5, 0.6) is 0 Å². The van der Waals surface area contributed by atoms with E-state index < -0.39 is 6.10 Å². The van der Waals surface area contributed by atoms with Crippen molar-refractivity contribution in [2.75, 3.05) is 13.2 Å². The second kappa shape index (κ2) is 50.5. The van der Waals surface area contributed by atoms with E-state index in [-0.39, 0.29) is 31.1 Å². The Morgan fingerprint density at radius 3 is 0.820 bits per heavy atom. The van der Waals surface area contributed by atoms with E-state index in [1.54, 1.807) is 0 Å². The first-order chi connectivity index (χ1) is 30.0. The van der Waals surface area contributed by atoms with Gasteiger partial charge in [0.05, 0.1) is 0 Å². The molecular formula is C55H102O6. The summed E-state index contributed by atoms with van der Waals surface area (Å²) in [5.41, 5.74) is 0. The summed E-state index contributed by atoms with van der Waals surface area (Å²) < 4.78 is 16.8. The molecule has 0 amide bonds. The number of allylic oxidation sites excluding steroid dienone is 4. The minimum Gasteiger partial charge on any atom is -0.462 e. The summed E-state index contributed by atoms with van der Waals surface area (Å²) in [6.07, 6.45) is 57.3. The van der Waals surface area contributed by atoms with Crippen molar-refractivity contribution in [1.82, 2.24) is 0 Å². The largest absolute Gasteiger partial charge is 0.462 e. The Bertz CT molecular complexity index is 989. The van der Waals surface area contributed by atoms with E-state index in [1.165, 1.54) is 180 Å². The zero-order chi connectivity index (χ0) is 44.4. The van der Waals surface area contributed by atoms with Gasteiger partial charge in [0, 0.05) is 19.3 Å². The zero-order valence-corrected chi connectivity index (χ0v) is 40.9. The first-order valence-corrected chi connectivity index (χ1v) is 26.8. The van der Waals surface area contributed by atoms with Crippen LogP contribution < -0.4 is 0 Å². The van der Waals surface area contributed by atoms with Gasteiger partial charge in [-0.1, -0.05) is 225 Å². The molecular weight excluding hydrogens is 757 g/mol. The lowest BCUT2D eigenvalue weighted by atomic mass is 10.0. The van der Waals surface area contributed by atoms with Crippen molar-refractivity contribution < 1.29 is 28.6 Å². The molecule has 0 aromatic carbocycles. The van der Waals surface area contributed by atoms with Crippen molar-refractivity contribution in [2.24, 2.45) is 0 Å². The van der Waals surface area contributed by atoms with Crippen molar-refractivity contribution in [3.63, 3.8) is 0 Å². The maximum absolute atomic E-state index is 12.8. The van der Waals surface area contributed by atoms with E-state index in [1.807, 2.05) is 0 Å². The molecule has 0 spiro atoms. The average molecular weight is 859 g/mol. The van der Waals surface area contributed by atoms with Crippen LogP contribution in [0.2, 0.25) is 0 Å². The highest BCUT2D eigenvalue weighted by Gasteiger charge is 2.19. The Hall–Kier alpha value is -2.11. The molecule has 0 aliphatic rings. The predicted octanol–water partition coefficient (Wildman–Crippen LogP) is 17.5. The molecule has 0 aromatic rings. The topological polar surface area (TPSA) is 78.9 Å². The van der Waals surface area contributed by atoms with Crippen molar-refractivity contribution in [2.45, 2.75) is 297 Å². The standard InChI is InChI=1S/C55H102O6/c1-4-7-10-13-16-19-22-25-28-31-33-36-39-42-45-48-54(57)60-51-52(61-55(58)49-46-43-40-37-34-30-27-24-21-18-15-12-9-6-3)50-59-53(56)47-44-41-38-35-32-29-26-23-20-17-14-11-8-5-2/h23-24,26-27,52H,4-22,25,28-51H2,1-3H3/b26-23-,27-24-/t52-/m1/s1. The maximum Gasteiger partial charge on any atom is 0.306 e. The Labute approximate surface area is 379 Å². The quantitative estimate of drug-likeness (QED) is 0.0262. The molecule has 61 heavy (non-hydrogen) atoms. The van der Waals surface area contributed by atoms with Crippen LogP contribution in [0.15, 0.2) is 24.3 Å². The maximum atomic E-state index is 12.8. The molecule has 0 saturated heterocycles. The third-order valence-electron chi connectivity index (χ3n) is 11.9. The van der Waals surface area contributed by atoms with Crippen molar-refractivity contribution in [3.8, 4) is 0 Å². The van der Waals surface area contributed by atoms with Gasteiger partial charge in [-0.2, -0.15) is 0 Å². The summed E-state index contributed by atoms with van der Waals surface area (Å²) >= 11 is 0. The molecule has 0 fully saturated rings. The van der Waals surface area contributed by atoms with Gasteiger partial charge in [-0.25, -0.2) is 0 Å². The second-order valence-electron chi connectivity index (χ2n) is 18.1. The molecule has 0 heterocycles. The lowest BCUT2D eigenvalue weighted by Crippen LogP contribution is -2.30. The number of ether oxygens (including phenoxy) is 3. The van der Waals surface area contributed by atoms with E-state index in [0.717, 1.165) is 70.6 Å². The van der Waals surface area contributed by atoms with E-state index in [2.05, 4.69) is 45.1 Å². The molecule has 0 unspecified atom stereocenters. The van der Waals surface area contributed by atoms with Crippen LogP contribution in [0.25, 0.3) is 0 Å². The zero-order valence-electron chi connectivity index (χ0n) is 40.9. The third-order valence-corrected chi connectivity index (χ3v) is 11.9. The number of esters is 3. The molecule has 6 heteroatoms. The molecule has 0 aliphatic carbocycles. The fraction of sp³-hybridized carbons (Fsp3) is 0.873. The highest BCUT2D eigenvalue weighted by Crippen LogP contribution is 2.16. The second-order valence-corrected chi connectivity index (χ2v) is 18.1. The molecule has 1 atom stereocenters. The van der Waals surface area contributed by atoms with Gasteiger partial charge in [-0.05, 0) is 70.6 Å². The minimum absolute atomic E-state index is 0.0733. The first kappa shape index (κ1) is 58.9. The fourth-order valence-corrected chi connectivity index (χ4v) is 7.84. The average Bonchev–Trinajstić information content (AvgIpc) is 3.26. The molecule has 0 radical (unpaired) electrons. The SMILES string of the molecule is CCCCCCC/C=C\CCCCCCCC(=O)OC[C@H](COC(=O)CCCCCCCCCCCCCCCCC)OC(=O)CCCCCCC/C=C\CCCCCCC. The van der Waals surface area contributed by atoms with Crippen LogP contribution in [0.4, 0.5) is 0 Å². The van der Waals surface area contributed by atoms with Gasteiger partial charge in [-0.15, -0.1) is 0 Å². The monoisotopic (exact) mass is 859 g/mol. The third kappa shape index (κ3) is 48.8. The summed E-state index contributed by atoms with van der Waals surface area (Å²) in [5, 5.41) is 0. The predicted molar refractivity (Wildman–Crippen MR) is 261 cm³/mol. The summed E-state index contributed by atoms with van der Waals surface area (Å²) in [6.45, 7) is 6.64. The van der Waals surface area contributed by atoms with Gasteiger partial charge in [0.25, 0.3) is 0 Å². The van der Waals surface area contributed by atoms with E-state index in [4.69, 9.17) is 14.2 Å². The van der Waals surface area contributed by atoms with E-state index in [9.17, 15) is 14.4 Å². The number of carbonyl (C=O) groups excluding carboxylic acids is 3. The lowest BCUT2D eigenvalue weighted by Gasteiger charge is -2.18. The van der Waals surface area contributed by atoms with E-state index in [0.29, 0.717) is 19.3 Å². The molecule has 0 N–H and O–H groups in total. The van der Waals surface area contributed by atoms with Crippen LogP contribution in [-0.2, 0) is 28.6 Å². The molecule has 0 rings (SSSR count). The van der Waals surface area contributed by atoms with E-state index >= 15 is 0 Å². The van der Waals surface area contributed by atoms with Crippen molar-refractivity contribution in [1.29, 1.82) is 0 Å². The fourth-order valence-electron chi connectivity index (χ4n) is 7.84. The Morgan fingerprint density at radius 1 is 0.311 bits per heavy atom. The number of unbranched alkanes of at least 4 members (excludes halogenated alkanes) is 34.